The van der Waals surface area contributed by atoms with E-state index in [1.165, 1.54) is 0 Å². The summed E-state index contributed by atoms with van der Waals surface area (Å²) in [5.41, 5.74) is 5.77. The smallest absolute Gasteiger partial charge is 0.250 e. The molecule has 0 saturated heterocycles. The van der Waals surface area contributed by atoms with Crippen molar-refractivity contribution in [2.45, 2.75) is 37.8 Å². The molecule has 0 spiro atoms. The zero-order valence-corrected chi connectivity index (χ0v) is 10.6. The Bertz CT molecular complexity index is 443. The van der Waals surface area contributed by atoms with Crippen molar-refractivity contribution in [1.82, 2.24) is 15.4 Å². The molecule has 1 heterocycles. The summed E-state index contributed by atoms with van der Waals surface area (Å²) in [5.74, 6) is -1.89. The summed E-state index contributed by atoms with van der Waals surface area (Å²) in [6.45, 7) is -0.240. The van der Waals surface area contributed by atoms with E-state index in [0.29, 0.717) is 17.9 Å². The SMILES string of the molecule is CNNc1nc(CO)cc(NC2CCC(F)(F)C2)n1. The van der Waals surface area contributed by atoms with E-state index in [9.17, 15) is 8.78 Å². The fourth-order valence-corrected chi connectivity index (χ4v) is 2.10. The molecule has 106 valence electrons. The van der Waals surface area contributed by atoms with Crippen LogP contribution in [0, 0.1) is 0 Å². The van der Waals surface area contributed by atoms with Crippen molar-refractivity contribution in [3.05, 3.63) is 11.8 Å². The van der Waals surface area contributed by atoms with Crippen LogP contribution in [0.2, 0.25) is 0 Å². The van der Waals surface area contributed by atoms with Crippen LogP contribution in [0.4, 0.5) is 20.5 Å². The number of aliphatic hydroxyl groups is 1. The first-order valence-corrected chi connectivity index (χ1v) is 6.08. The maximum Gasteiger partial charge on any atom is 0.250 e. The van der Waals surface area contributed by atoms with Gasteiger partial charge in [0.05, 0.1) is 12.3 Å². The van der Waals surface area contributed by atoms with Gasteiger partial charge in [0.15, 0.2) is 0 Å². The molecule has 1 aromatic heterocycles. The number of alkyl halides is 2. The van der Waals surface area contributed by atoms with E-state index in [1.54, 1.807) is 13.1 Å². The molecular weight excluding hydrogens is 256 g/mol. The second-order valence-electron chi connectivity index (χ2n) is 4.54. The molecule has 1 saturated carbocycles. The first kappa shape index (κ1) is 13.9. The van der Waals surface area contributed by atoms with Gasteiger partial charge < -0.3 is 10.4 Å². The lowest BCUT2D eigenvalue weighted by molar-refractivity contribution is 0.00852. The molecule has 4 N–H and O–H groups in total. The summed E-state index contributed by atoms with van der Waals surface area (Å²) in [7, 11) is 1.65. The number of anilines is 2. The first-order valence-electron chi connectivity index (χ1n) is 6.08. The number of nitrogens with zero attached hydrogens (tertiary/aromatic N) is 2. The van der Waals surface area contributed by atoms with Crippen molar-refractivity contribution in [1.29, 1.82) is 0 Å². The maximum atomic E-state index is 13.1. The van der Waals surface area contributed by atoms with E-state index in [1.807, 2.05) is 0 Å². The van der Waals surface area contributed by atoms with Crippen molar-refractivity contribution in [3.8, 4) is 0 Å². The van der Waals surface area contributed by atoms with Gasteiger partial charge in [0, 0.05) is 32.0 Å². The summed E-state index contributed by atoms with van der Waals surface area (Å²) in [6.07, 6.45) is 0.102. The van der Waals surface area contributed by atoms with Gasteiger partial charge in [-0.2, -0.15) is 4.98 Å². The number of nitrogens with one attached hydrogen (secondary N) is 3. The molecule has 8 heteroatoms. The molecule has 1 atom stereocenters. The Morgan fingerprint density at radius 3 is 2.84 bits per heavy atom. The van der Waals surface area contributed by atoms with Crippen LogP contribution in [0.5, 0.6) is 0 Å². The fourth-order valence-electron chi connectivity index (χ4n) is 2.10. The standard InChI is InChI=1S/C11H17F2N5O/c1-14-18-10-16-8(6-19)4-9(17-10)15-7-2-3-11(12,13)5-7/h4,7,14,19H,2-3,5-6H2,1H3,(H2,15,16,17,18). The highest BCUT2D eigenvalue weighted by Gasteiger charge is 2.39. The van der Waals surface area contributed by atoms with Gasteiger partial charge in [-0.1, -0.05) is 0 Å². The number of halogens is 2. The predicted molar refractivity (Wildman–Crippen MR) is 66.8 cm³/mol. The van der Waals surface area contributed by atoms with E-state index in [0.717, 1.165) is 0 Å². The third-order valence-electron chi connectivity index (χ3n) is 2.93. The molecule has 0 aliphatic heterocycles. The van der Waals surface area contributed by atoms with Crippen molar-refractivity contribution >= 4 is 11.8 Å². The molecule has 1 aromatic rings. The summed E-state index contributed by atoms with van der Waals surface area (Å²) in [5, 5.41) is 12.1. The lowest BCUT2D eigenvalue weighted by Crippen LogP contribution is -2.22. The first-order chi connectivity index (χ1) is 9.02. The Morgan fingerprint density at radius 2 is 2.26 bits per heavy atom. The summed E-state index contributed by atoms with van der Waals surface area (Å²) in [6, 6.07) is 1.25. The summed E-state index contributed by atoms with van der Waals surface area (Å²) >= 11 is 0. The minimum Gasteiger partial charge on any atom is -0.390 e. The Morgan fingerprint density at radius 1 is 1.47 bits per heavy atom. The molecule has 1 aliphatic rings. The maximum absolute atomic E-state index is 13.1. The van der Waals surface area contributed by atoms with Crippen molar-refractivity contribution in [2.75, 3.05) is 17.8 Å². The van der Waals surface area contributed by atoms with Crippen LogP contribution in [0.1, 0.15) is 25.0 Å². The van der Waals surface area contributed by atoms with Crippen LogP contribution in [0.3, 0.4) is 0 Å². The number of aliphatic hydroxyl groups excluding tert-OH is 1. The predicted octanol–water partition coefficient (Wildman–Crippen LogP) is 1.11. The lowest BCUT2D eigenvalue weighted by atomic mass is 10.2. The molecule has 2 rings (SSSR count). The Kier molecular flexibility index (Phi) is 4.11. The highest BCUT2D eigenvalue weighted by atomic mass is 19.3. The van der Waals surface area contributed by atoms with Gasteiger partial charge in [0.25, 0.3) is 0 Å². The zero-order valence-electron chi connectivity index (χ0n) is 10.6. The second-order valence-corrected chi connectivity index (χ2v) is 4.54. The average Bonchev–Trinajstić information content (AvgIpc) is 2.68. The van der Waals surface area contributed by atoms with E-state index >= 15 is 0 Å². The van der Waals surface area contributed by atoms with E-state index in [4.69, 9.17) is 5.11 Å². The Labute approximate surface area is 109 Å². The quantitative estimate of drug-likeness (QED) is 0.602. The lowest BCUT2D eigenvalue weighted by Gasteiger charge is -2.15. The number of hydrogen-bond donors (Lipinski definition) is 4. The highest BCUT2D eigenvalue weighted by Crippen LogP contribution is 2.36. The topological polar surface area (TPSA) is 82.1 Å². The largest absolute Gasteiger partial charge is 0.390 e. The minimum absolute atomic E-state index is 0.107. The van der Waals surface area contributed by atoms with Gasteiger partial charge in [0.1, 0.15) is 5.82 Å². The second kappa shape index (κ2) is 5.62. The monoisotopic (exact) mass is 273 g/mol. The van der Waals surface area contributed by atoms with Crippen LogP contribution in [-0.2, 0) is 6.61 Å². The van der Waals surface area contributed by atoms with Crippen LogP contribution in [-0.4, -0.2) is 34.1 Å². The third-order valence-corrected chi connectivity index (χ3v) is 2.93. The summed E-state index contributed by atoms with van der Waals surface area (Å²) in [4.78, 5) is 8.15. The average molecular weight is 273 g/mol. The molecule has 19 heavy (non-hydrogen) atoms. The number of hydrogen-bond acceptors (Lipinski definition) is 6. The van der Waals surface area contributed by atoms with Gasteiger partial charge in [0.2, 0.25) is 11.9 Å². The molecule has 0 bridgehead atoms. The highest BCUT2D eigenvalue weighted by molar-refractivity contribution is 5.43. The number of aromatic nitrogens is 2. The normalized spacial score (nSPS) is 21.4. The van der Waals surface area contributed by atoms with Crippen LogP contribution < -0.4 is 16.2 Å². The molecule has 6 nitrogen and oxygen atoms in total. The molecule has 1 unspecified atom stereocenters. The molecule has 1 fully saturated rings. The van der Waals surface area contributed by atoms with Crippen LogP contribution in [0.15, 0.2) is 6.07 Å². The number of rotatable bonds is 5. The third kappa shape index (κ3) is 3.71. The minimum atomic E-state index is -2.60. The van der Waals surface area contributed by atoms with Gasteiger partial charge in [-0.25, -0.2) is 19.2 Å². The van der Waals surface area contributed by atoms with Gasteiger partial charge in [-0.15, -0.1) is 0 Å². The van der Waals surface area contributed by atoms with E-state index in [-0.39, 0.29) is 31.4 Å². The van der Waals surface area contributed by atoms with Crippen molar-refractivity contribution in [2.24, 2.45) is 0 Å². The van der Waals surface area contributed by atoms with E-state index < -0.39 is 5.92 Å². The fraction of sp³-hybridized carbons (Fsp3) is 0.636. The zero-order chi connectivity index (χ0) is 13.9. The molecule has 0 amide bonds. The molecular formula is C11H17F2N5O. The van der Waals surface area contributed by atoms with Gasteiger partial charge in [-0.05, 0) is 6.42 Å². The molecule has 1 aliphatic carbocycles. The molecule has 0 aromatic carbocycles. The van der Waals surface area contributed by atoms with Crippen LogP contribution >= 0.6 is 0 Å². The van der Waals surface area contributed by atoms with Gasteiger partial charge >= 0.3 is 0 Å². The van der Waals surface area contributed by atoms with Crippen molar-refractivity contribution < 1.29 is 13.9 Å². The Balaban J connectivity index is 2.09. The van der Waals surface area contributed by atoms with Crippen LogP contribution in [0.25, 0.3) is 0 Å². The van der Waals surface area contributed by atoms with Crippen molar-refractivity contribution in [3.63, 3.8) is 0 Å². The summed E-state index contributed by atoms with van der Waals surface area (Å²) < 4.78 is 26.2. The Hall–Kier alpha value is -1.54. The van der Waals surface area contributed by atoms with E-state index in [2.05, 4.69) is 26.1 Å². The number of hydrazine groups is 1. The van der Waals surface area contributed by atoms with Gasteiger partial charge in [-0.3, -0.25) is 5.43 Å². The molecule has 0 radical (unpaired) electrons.